The van der Waals surface area contributed by atoms with Crippen LogP contribution in [0.4, 0.5) is 0 Å². The molecule has 2 atom stereocenters. The molecule has 1 aliphatic rings. The lowest BCUT2D eigenvalue weighted by Gasteiger charge is -2.15. The van der Waals surface area contributed by atoms with E-state index in [4.69, 9.17) is 4.74 Å². The first-order valence-corrected chi connectivity index (χ1v) is 9.93. The van der Waals surface area contributed by atoms with Gasteiger partial charge in [-0.25, -0.2) is 5.43 Å². The van der Waals surface area contributed by atoms with Gasteiger partial charge >= 0.3 is 0 Å². The third-order valence-corrected chi connectivity index (χ3v) is 6.62. The maximum atomic E-state index is 12.6. The molecule has 1 heterocycles. The second-order valence-electron chi connectivity index (χ2n) is 6.12. The summed E-state index contributed by atoms with van der Waals surface area (Å²) in [6.07, 6.45) is 1.40. The molecule has 1 fully saturated rings. The molecule has 0 saturated carbocycles. The topological polar surface area (TPSA) is 100 Å². The number of phenolic OH excluding ortho intramolecular Hbond substituents is 1. The van der Waals surface area contributed by atoms with E-state index in [9.17, 15) is 14.7 Å². The van der Waals surface area contributed by atoms with Gasteiger partial charge < -0.3 is 15.2 Å². The van der Waals surface area contributed by atoms with Crippen LogP contribution in [0, 0.1) is 5.92 Å². The highest BCUT2D eigenvalue weighted by Gasteiger charge is 2.40. The molecule has 2 aromatic rings. The van der Waals surface area contributed by atoms with Gasteiger partial charge in [0.15, 0.2) is 11.5 Å². The summed E-state index contributed by atoms with van der Waals surface area (Å²) in [4.78, 5) is 24.8. The number of rotatable bonds is 5. The fourth-order valence-electron chi connectivity index (χ4n) is 3.03. The van der Waals surface area contributed by atoms with Crippen LogP contribution in [-0.2, 0) is 9.59 Å². The van der Waals surface area contributed by atoms with Crippen molar-refractivity contribution in [1.82, 2.24) is 10.7 Å². The molecule has 0 aromatic heterocycles. The van der Waals surface area contributed by atoms with E-state index in [-0.39, 0.29) is 23.3 Å². The number of carbonyl (C=O) groups excluding carboxylic acids is 2. The highest BCUT2D eigenvalue weighted by atomic mass is 79.9. The number of benzene rings is 2. The van der Waals surface area contributed by atoms with E-state index in [0.29, 0.717) is 21.1 Å². The number of hydrogen-bond donors (Lipinski definition) is 3. The monoisotopic (exact) mass is 509 g/mol. The quantitative estimate of drug-likeness (QED) is 0.327. The largest absolute Gasteiger partial charge is 0.503 e. The van der Waals surface area contributed by atoms with Gasteiger partial charge in [-0.3, -0.25) is 9.59 Å². The first kappa shape index (κ1) is 20.3. The van der Waals surface area contributed by atoms with Crippen LogP contribution in [-0.4, -0.2) is 36.8 Å². The summed E-state index contributed by atoms with van der Waals surface area (Å²) < 4.78 is 6.05. The summed E-state index contributed by atoms with van der Waals surface area (Å²) in [5.41, 5.74) is 3.92. The number of nitrogens with one attached hydrogen (secondary N) is 2. The highest BCUT2D eigenvalue weighted by Crippen LogP contribution is 2.41. The Bertz CT molecular complexity index is 935. The standard InChI is InChI=1S/C19H17Br2N3O4/c1-28-13-7-11(15(20)16(21)17(13)25)8-23-24-19(27)14-12(9-22-18(14)26)10-5-3-2-4-6-10/h2-8,12,14,25H,9H2,1H3,(H,22,26)(H,24,27)/b23-8-. The van der Waals surface area contributed by atoms with E-state index in [2.05, 4.69) is 47.7 Å². The molecule has 0 bridgehead atoms. The van der Waals surface area contributed by atoms with Gasteiger partial charge in [0.25, 0.3) is 5.91 Å². The first-order valence-electron chi connectivity index (χ1n) is 8.34. The Labute approximate surface area is 178 Å². The van der Waals surface area contributed by atoms with Crippen LogP contribution in [0.5, 0.6) is 11.5 Å². The minimum Gasteiger partial charge on any atom is -0.503 e. The minimum atomic E-state index is -0.857. The minimum absolute atomic E-state index is 0.0520. The molecule has 0 aliphatic carbocycles. The number of nitrogens with zero attached hydrogens (tertiary/aromatic N) is 1. The van der Waals surface area contributed by atoms with Gasteiger partial charge in [0.2, 0.25) is 5.91 Å². The summed E-state index contributed by atoms with van der Waals surface area (Å²) in [6, 6.07) is 11.0. The van der Waals surface area contributed by atoms with Crippen LogP contribution in [0.1, 0.15) is 17.0 Å². The Kier molecular flexibility index (Phi) is 6.35. The number of halogens is 2. The van der Waals surface area contributed by atoms with Crippen LogP contribution in [0.3, 0.4) is 0 Å². The van der Waals surface area contributed by atoms with Gasteiger partial charge in [0.05, 0.1) is 17.8 Å². The Morgan fingerprint density at radius 2 is 2.04 bits per heavy atom. The van der Waals surface area contributed by atoms with Crippen molar-refractivity contribution in [3.63, 3.8) is 0 Å². The lowest BCUT2D eigenvalue weighted by Crippen LogP contribution is -2.34. The summed E-state index contributed by atoms with van der Waals surface area (Å²) in [7, 11) is 1.43. The molecule has 2 unspecified atom stereocenters. The summed E-state index contributed by atoms with van der Waals surface area (Å²) in [5, 5.41) is 16.7. The Morgan fingerprint density at radius 1 is 1.32 bits per heavy atom. The maximum absolute atomic E-state index is 12.6. The average Bonchev–Trinajstić information content (AvgIpc) is 3.10. The number of aromatic hydroxyl groups is 1. The molecule has 28 heavy (non-hydrogen) atoms. The molecule has 146 valence electrons. The van der Waals surface area contributed by atoms with Crippen LogP contribution in [0.25, 0.3) is 0 Å². The lowest BCUT2D eigenvalue weighted by atomic mass is 9.88. The molecule has 2 amide bonds. The second-order valence-corrected chi connectivity index (χ2v) is 7.70. The SMILES string of the molecule is COc1cc(/C=N\NC(=O)C2C(=O)NCC2c2ccccc2)c(Br)c(Br)c1O. The molecule has 0 spiro atoms. The summed E-state index contributed by atoms with van der Waals surface area (Å²) in [6.45, 7) is 0.401. The molecule has 9 heteroatoms. The molecule has 7 nitrogen and oxygen atoms in total. The van der Waals surface area contributed by atoms with Crippen molar-refractivity contribution in [2.75, 3.05) is 13.7 Å². The van der Waals surface area contributed by atoms with Crippen molar-refractivity contribution in [1.29, 1.82) is 0 Å². The number of carbonyl (C=O) groups is 2. The lowest BCUT2D eigenvalue weighted by molar-refractivity contribution is -0.133. The molecule has 0 radical (unpaired) electrons. The van der Waals surface area contributed by atoms with Crippen molar-refractivity contribution < 1.29 is 19.4 Å². The summed E-state index contributed by atoms with van der Waals surface area (Å²) >= 11 is 6.61. The molecule has 2 aromatic carbocycles. The number of methoxy groups -OCH3 is 1. The predicted octanol–water partition coefficient (Wildman–Crippen LogP) is 2.91. The fourth-order valence-corrected chi connectivity index (χ4v) is 3.86. The van der Waals surface area contributed by atoms with E-state index in [1.165, 1.54) is 13.3 Å². The predicted molar refractivity (Wildman–Crippen MR) is 111 cm³/mol. The molecule has 3 N–H and O–H groups in total. The van der Waals surface area contributed by atoms with E-state index in [1.807, 2.05) is 30.3 Å². The molecular weight excluding hydrogens is 494 g/mol. The van der Waals surface area contributed by atoms with Crippen LogP contribution in [0.15, 0.2) is 50.4 Å². The Balaban J connectivity index is 1.76. The van der Waals surface area contributed by atoms with Crippen molar-refractivity contribution in [2.45, 2.75) is 5.92 Å². The van der Waals surface area contributed by atoms with Crippen molar-refractivity contribution >= 4 is 49.9 Å². The zero-order valence-corrected chi connectivity index (χ0v) is 18.0. The van der Waals surface area contributed by atoms with Gasteiger partial charge in [-0.15, -0.1) is 0 Å². The second kappa shape index (κ2) is 8.74. The number of ether oxygens (including phenoxy) is 1. The van der Waals surface area contributed by atoms with Crippen LogP contribution >= 0.6 is 31.9 Å². The number of amides is 2. The smallest absolute Gasteiger partial charge is 0.253 e. The normalized spacial score (nSPS) is 18.9. The third-order valence-electron chi connectivity index (χ3n) is 4.46. The molecular formula is C19H17Br2N3O4. The van der Waals surface area contributed by atoms with E-state index in [1.54, 1.807) is 6.07 Å². The fraction of sp³-hybridized carbons (Fsp3) is 0.211. The van der Waals surface area contributed by atoms with E-state index in [0.717, 1.165) is 5.56 Å². The van der Waals surface area contributed by atoms with E-state index >= 15 is 0 Å². The van der Waals surface area contributed by atoms with Gasteiger partial charge in [-0.05, 0) is 43.5 Å². The average molecular weight is 511 g/mol. The third kappa shape index (κ3) is 4.05. The van der Waals surface area contributed by atoms with Gasteiger partial charge in [0, 0.05) is 22.5 Å². The Morgan fingerprint density at radius 3 is 2.71 bits per heavy atom. The van der Waals surface area contributed by atoms with Crippen LogP contribution in [0.2, 0.25) is 0 Å². The maximum Gasteiger partial charge on any atom is 0.253 e. The molecule has 3 rings (SSSR count). The zero-order chi connectivity index (χ0) is 20.3. The van der Waals surface area contributed by atoms with Crippen molar-refractivity contribution in [3.05, 3.63) is 56.5 Å². The molecule has 1 aliphatic heterocycles. The van der Waals surface area contributed by atoms with Crippen molar-refractivity contribution in [2.24, 2.45) is 11.0 Å². The van der Waals surface area contributed by atoms with Crippen LogP contribution < -0.4 is 15.5 Å². The van der Waals surface area contributed by atoms with Crippen molar-refractivity contribution in [3.8, 4) is 11.5 Å². The van der Waals surface area contributed by atoms with E-state index < -0.39 is 11.8 Å². The summed E-state index contributed by atoms with van der Waals surface area (Å²) in [5.74, 6) is -1.72. The first-order chi connectivity index (χ1) is 13.4. The number of hydrazone groups is 1. The molecule has 1 saturated heterocycles. The highest BCUT2D eigenvalue weighted by molar-refractivity contribution is 9.13. The van der Waals surface area contributed by atoms with Gasteiger partial charge in [-0.1, -0.05) is 30.3 Å². The van der Waals surface area contributed by atoms with Gasteiger partial charge in [0.1, 0.15) is 5.92 Å². The zero-order valence-electron chi connectivity index (χ0n) is 14.8. The number of hydrogen-bond acceptors (Lipinski definition) is 5. The Hall–Kier alpha value is -2.39. The number of phenols is 1. The van der Waals surface area contributed by atoms with Gasteiger partial charge in [-0.2, -0.15) is 5.10 Å².